The molecule has 0 aliphatic rings. The van der Waals surface area contributed by atoms with Crippen molar-refractivity contribution in [1.29, 1.82) is 0 Å². The number of unbranched alkanes of at least 4 members (excludes halogenated alkanes) is 5. The van der Waals surface area contributed by atoms with Crippen LogP contribution < -0.4 is 0 Å². The minimum atomic E-state index is 0.297. The van der Waals surface area contributed by atoms with Gasteiger partial charge in [0, 0.05) is 13.0 Å². The van der Waals surface area contributed by atoms with Crippen molar-refractivity contribution >= 4 is 5.78 Å². The lowest BCUT2D eigenvalue weighted by molar-refractivity contribution is -0.117. The number of hydrogen-bond acceptors (Lipinski definition) is 2. The summed E-state index contributed by atoms with van der Waals surface area (Å²) in [5.41, 5.74) is 0. The molecule has 12 heavy (non-hydrogen) atoms. The fourth-order valence-corrected chi connectivity index (χ4v) is 1.19. The molecule has 0 radical (unpaired) electrons. The van der Waals surface area contributed by atoms with Crippen molar-refractivity contribution in [3.8, 4) is 0 Å². The van der Waals surface area contributed by atoms with Crippen LogP contribution in [0.25, 0.3) is 0 Å². The van der Waals surface area contributed by atoms with Gasteiger partial charge in [-0.2, -0.15) is 0 Å². The smallest absolute Gasteiger partial charge is 0.129 e. The van der Waals surface area contributed by atoms with Crippen molar-refractivity contribution in [3.05, 3.63) is 0 Å². The average molecular weight is 172 g/mol. The van der Waals surface area contributed by atoms with Crippen LogP contribution in [0.2, 0.25) is 0 Å². The molecule has 0 atom stereocenters. The van der Waals surface area contributed by atoms with E-state index < -0.39 is 0 Å². The molecule has 0 aromatic rings. The highest BCUT2D eigenvalue weighted by Gasteiger charge is 1.93. The molecule has 0 unspecified atom stereocenters. The van der Waals surface area contributed by atoms with E-state index >= 15 is 0 Å². The van der Waals surface area contributed by atoms with Crippen LogP contribution in [0, 0.1) is 0 Å². The molecule has 0 fully saturated rings. The molecule has 0 rings (SSSR count). The van der Waals surface area contributed by atoms with Crippen LogP contribution in [-0.2, 0) is 4.79 Å². The van der Waals surface area contributed by atoms with Crippen molar-refractivity contribution in [3.63, 3.8) is 0 Å². The van der Waals surface area contributed by atoms with E-state index in [2.05, 4.69) is 0 Å². The summed E-state index contributed by atoms with van der Waals surface area (Å²) in [5.74, 6) is 0.297. The summed E-state index contributed by atoms with van der Waals surface area (Å²) in [7, 11) is 0. The monoisotopic (exact) mass is 172 g/mol. The summed E-state index contributed by atoms with van der Waals surface area (Å²) in [6.45, 7) is 1.96. The van der Waals surface area contributed by atoms with Crippen LogP contribution >= 0.6 is 0 Å². The zero-order valence-corrected chi connectivity index (χ0v) is 8.01. The summed E-state index contributed by atoms with van der Waals surface area (Å²) in [5, 5.41) is 8.50. The molecule has 0 aromatic heterocycles. The van der Waals surface area contributed by atoms with E-state index in [1.807, 2.05) is 0 Å². The number of aliphatic hydroxyl groups excluding tert-OH is 1. The van der Waals surface area contributed by atoms with Gasteiger partial charge in [-0.3, -0.25) is 0 Å². The molecule has 0 heterocycles. The molecule has 0 amide bonds. The van der Waals surface area contributed by atoms with Gasteiger partial charge in [0.05, 0.1) is 0 Å². The first-order valence-corrected chi connectivity index (χ1v) is 4.87. The maximum absolute atomic E-state index is 10.5. The molecule has 72 valence electrons. The molecule has 0 bridgehead atoms. The van der Waals surface area contributed by atoms with Gasteiger partial charge in [0.2, 0.25) is 0 Å². The molecule has 0 aromatic carbocycles. The van der Waals surface area contributed by atoms with Gasteiger partial charge >= 0.3 is 0 Å². The van der Waals surface area contributed by atoms with Gasteiger partial charge in [-0.1, -0.05) is 25.7 Å². The summed E-state index contributed by atoms with van der Waals surface area (Å²) >= 11 is 0. The molecule has 0 aliphatic heterocycles. The Morgan fingerprint density at radius 1 is 1.00 bits per heavy atom. The van der Waals surface area contributed by atoms with Crippen LogP contribution in [0.5, 0.6) is 0 Å². The SMILES string of the molecule is CC(=O)CCCCCCCCO. The van der Waals surface area contributed by atoms with Crippen molar-refractivity contribution in [2.24, 2.45) is 0 Å². The van der Waals surface area contributed by atoms with Crippen molar-refractivity contribution in [2.45, 2.75) is 51.9 Å². The van der Waals surface area contributed by atoms with Crippen LogP contribution in [0.3, 0.4) is 0 Å². The zero-order chi connectivity index (χ0) is 9.23. The maximum atomic E-state index is 10.5. The van der Waals surface area contributed by atoms with Crippen LogP contribution in [0.15, 0.2) is 0 Å². The zero-order valence-electron chi connectivity index (χ0n) is 8.01. The topological polar surface area (TPSA) is 37.3 Å². The second-order valence-corrected chi connectivity index (χ2v) is 3.30. The van der Waals surface area contributed by atoms with Gasteiger partial charge in [-0.05, 0) is 19.8 Å². The Morgan fingerprint density at radius 3 is 2.00 bits per heavy atom. The molecule has 0 spiro atoms. The number of carbonyl (C=O) groups is 1. The van der Waals surface area contributed by atoms with Crippen LogP contribution in [0.4, 0.5) is 0 Å². The fourth-order valence-electron chi connectivity index (χ4n) is 1.19. The number of Topliss-reactive ketones (excluding diaryl/α,β-unsaturated/α-hetero) is 1. The second-order valence-electron chi connectivity index (χ2n) is 3.30. The Kier molecular flexibility index (Phi) is 8.46. The van der Waals surface area contributed by atoms with E-state index in [1.165, 1.54) is 12.8 Å². The highest BCUT2D eigenvalue weighted by Crippen LogP contribution is 2.06. The molecule has 2 heteroatoms. The quantitative estimate of drug-likeness (QED) is 0.570. The molecule has 0 saturated heterocycles. The number of hydrogen-bond donors (Lipinski definition) is 1. The van der Waals surface area contributed by atoms with Crippen molar-refractivity contribution in [2.75, 3.05) is 6.61 Å². The van der Waals surface area contributed by atoms with Crippen LogP contribution in [-0.4, -0.2) is 17.5 Å². The first-order valence-electron chi connectivity index (χ1n) is 4.87. The summed E-state index contributed by atoms with van der Waals surface area (Å²) < 4.78 is 0. The van der Waals surface area contributed by atoms with Crippen LogP contribution in [0.1, 0.15) is 51.9 Å². The van der Waals surface area contributed by atoms with E-state index in [9.17, 15) is 4.79 Å². The Bertz CT molecular complexity index is 110. The first kappa shape index (κ1) is 11.6. The lowest BCUT2D eigenvalue weighted by atomic mass is 10.1. The van der Waals surface area contributed by atoms with E-state index in [0.717, 1.165) is 32.1 Å². The second kappa shape index (κ2) is 8.72. The molecule has 0 aliphatic carbocycles. The van der Waals surface area contributed by atoms with E-state index in [4.69, 9.17) is 5.11 Å². The third kappa shape index (κ3) is 9.63. The Balaban J connectivity index is 2.86. The largest absolute Gasteiger partial charge is 0.396 e. The highest BCUT2D eigenvalue weighted by molar-refractivity contribution is 5.75. The standard InChI is InChI=1S/C10H20O2/c1-10(12)8-6-4-2-3-5-7-9-11/h11H,2-9H2,1H3. The predicted molar refractivity (Wildman–Crippen MR) is 50.1 cm³/mol. The van der Waals surface area contributed by atoms with Gasteiger partial charge in [-0.25, -0.2) is 0 Å². The van der Waals surface area contributed by atoms with E-state index in [-0.39, 0.29) is 0 Å². The van der Waals surface area contributed by atoms with Gasteiger partial charge in [0.15, 0.2) is 0 Å². The summed E-state index contributed by atoms with van der Waals surface area (Å²) in [6, 6.07) is 0. The fraction of sp³-hybridized carbons (Fsp3) is 0.900. The van der Waals surface area contributed by atoms with Gasteiger partial charge in [-0.15, -0.1) is 0 Å². The maximum Gasteiger partial charge on any atom is 0.129 e. The lowest BCUT2D eigenvalue weighted by Gasteiger charge is -1.98. The molecular weight excluding hydrogens is 152 g/mol. The third-order valence-corrected chi connectivity index (χ3v) is 1.94. The van der Waals surface area contributed by atoms with Gasteiger partial charge in [0.25, 0.3) is 0 Å². The number of aliphatic hydroxyl groups is 1. The number of ketones is 1. The lowest BCUT2D eigenvalue weighted by Crippen LogP contribution is -1.89. The Hall–Kier alpha value is -0.370. The average Bonchev–Trinajstić information content (AvgIpc) is 2.02. The first-order chi connectivity index (χ1) is 5.77. The normalized spacial score (nSPS) is 10.2. The summed E-state index contributed by atoms with van der Waals surface area (Å²) in [4.78, 5) is 10.5. The minimum Gasteiger partial charge on any atom is -0.396 e. The molecular formula is C10H20O2. The van der Waals surface area contributed by atoms with Crippen molar-refractivity contribution in [1.82, 2.24) is 0 Å². The number of rotatable bonds is 8. The Labute approximate surface area is 75.0 Å². The molecule has 0 saturated carbocycles. The van der Waals surface area contributed by atoms with Crippen molar-refractivity contribution < 1.29 is 9.90 Å². The van der Waals surface area contributed by atoms with Gasteiger partial charge in [0.1, 0.15) is 5.78 Å². The molecule has 2 nitrogen and oxygen atoms in total. The molecule has 1 N–H and O–H groups in total. The minimum absolute atomic E-state index is 0.297. The highest BCUT2D eigenvalue weighted by atomic mass is 16.2. The van der Waals surface area contributed by atoms with E-state index in [1.54, 1.807) is 6.92 Å². The van der Waals surface area contributed by atoms with Gasteiger partial charge < -0.3 is 9.90 Å². The van der Waals surface area contributed by atoms with E-state index in [0.29, 0.717) is 12.4 Å². The third-order valence-electron chi connectivity index (χ3n) is 1.94. The summed E-state index contributed by atoms with van der Waals surface area (Å²) in [6.07, 6.45) is 7.37. The Morgan fingerprint density at radius 2 is 1.50 bits per heavy atom. The predicted octanol–water partition coefficient (Wildman–Crippen LogP) is 2.30. The number of carbonyl (C=O) groups excluding carboxylic acids is 1.